The van der Waals surface area contributed by atoms with Crippen molar-refractivity contribution in [3.63, 3.8) is 0 Å². The summed E-state index contributed by atoms with van der Waals surface area (Å²) >= 11 is 6.03. The third kappa shape index (κ3) is 3.62. The first-order valence-corrected chi connectivity index (χ1v) is 7.38. The molecule has 0 saturated heterocycles. The Morgan fingerprint density at radius 2 is 1.75 bits per heavy atom. The van der Waals surface area contributed by atoms with Crippen molar-refractivity contribution in [1.82, 2.24) is 0 Å². The van der Waals surface area contributed by atoms with E-state index in [-0.39, 0.29) is 0 Å². The summed E-state index contributed by atoms with van der Waals surface area (Å²) in [5, 5.41) is 11.3. The van der Waals surface area contributed by atoms with Crippen LogP contribution in [0.25, 0.3) is 0 Å². The molecule has 2 aromatic carbocycles. The Balaban J connectivity index is 2.28. The summed E-state index contributed by atoms with van der Waals surface area (Å²) in [6.07, 6.45) is 0.429. The number of hydrogen-bond acceptors (Lipinski definition) is 1. The average Bonchev–Trinajstić information content (AvgIpc) is 2.40. The predicted octanol–water partition coefficient (Wildman–Crippen LogP) is 4.93. The van der Waals surface area contributed by atoms with Crippen LogP contribution in [0.15, 0.2) is 42.5 Å². The van der Waals surface area contributed by atoms with E-state index in [0.717, 1.165) is 28.1 Å². The summed E-state index contributed by atoms with van der Waals surface area (Å²) < 4.78 is 0. The standard InChI is InChI=1S/C18H21ClO/c1-12(2)9-14-5-4-6-15(11-14)18(20)16-7-8-17(19)13(3)10-16/h4-8,10-12,18,20H,9H2,1-3H3. The molecule has 0 spiro atoms. The zero-order chi connectivity index (χ0) is 14.7. The molecule has 0 amide bonds. The smallest absolute Gasteiger partial charge is 0.104 e. The minimum atomic E-state index is -0.599. The minimum absolute atomic E-state index is 0.599. The van der Waals surface area contributed by atoms with Gasteiger partial charge in [0.2, 0.25) is 0 Å². The van der Waals surface area contributed by atoms with Gasteiger partial charge in [-0.05, 0) is 47.6 Å². The number of benzene rings is 2. The topological polar surface area (TPSA) is 20.2 Å². The van der Waals surface area contributed by atoms with Crippen LogP contribution in [0.3, 0.4) is 0 Å². The van der Waals surface area contributed by atoms with Gasteiger partial charge < -0.3 is 5.11 Å². The normalized spacial score (nSPS) is 12.7. The van der Waals surface area contributed by atoms with Crippen molar-refractivity contribution in [3.05, 3.63) is 69.7 Å². The number of rotatable bonds is 4. The SMILES string of the molecule is Cc1cc(C(O)c2cccc(CC(C)C)c2)ccc1Cl. The summed E-state index contributed by atoms with van der Waals surface area (Å²) in [5.74, 6) is 0.611. The van der Waals surface area contributed by atoms with Crippen molar-refractivity contribution < 1.29 is 5.11 Å². The summed E-state index contributed by atoms with van der Waals surface area (Å²) in [6, 6.07) is 13.9. The number of aliphatic hydroxyl groups is 1. The zero-order valence-electron chi connectivity index (χ0n) is 12.2. The first-order chi connectivity index (χ1) is 9.47. The maximum atomic E-state index is 10.5. The molecule has 20 heavy (non-hydrogen) atoms. The molecule has 1 atom stereocenters. The summed E-state index contributed by atoms with van der Waals surface area (Å²) in [4.78, 5) is 0. The maximum absolute atomic E-state index is 10.5. The van der Waals surface area contributed by atoms with Gasteiger partial charge in [-0.2, -0.15) is 0 Å². The molecule has 0 bridgehead atoms. The third-order valence-corrected chi connectivity index (χ3v) is 3.83. The molecule has 2 aromatic rings. The van der Waals surface area contributed by atoms with Gasteiger partial charge in [-0.25, -0.2) is 0 Å². The molecule has 0 radical (unpaired) electrons. The lowest BCUT2D eigenvalue weighted by molar-refractivity contribution is 0.220. The molecule has 0 heterocycles. The highest BCUT2D eigenvalue weighted by Gasteiger charge is 2.12. The van der Waals surface area contributed by atoms with Gasteiger partial charge in [-0.15, -0.1) is 0 Å². The van der Waals surface area contributed by atoms with Gasteiger partial charge in [-0.3, -0.25) is 0 Å². The molecular formula is C18H21ClO. The van der Waals surface area contributed by atoms with E-state index in [1.807, 2.05) is 37.3 Å². The zero-order valence-corrected chi connectivity index (χ0v) is 13.0. The molecule has 1 N–H and O–H groups in total. The van der Waals surface area contributed by atoms with E-state index in [0.29, 0.717) is 5.92 Å². The number of aliphatic hydroxyl groups excluding tert-OH is 1. The molecule has 0 aliphatic carbocycles. The van der Waals surface area contributed by atoms with Crippen LogP contribution in [0, 0.1) is 12.8 Å². The molecule has 1 nitrogen and oxygen atoms in total. The van der Waals surface area contributed by atoms with Crippen LogP contribution in [0.5, 0.6) is 0 Å². The second-order valence-corrected chi connectivity index (χ2v) is 6.16. The first kappa shape index (κ1) is 15.1. The lowest BCUT2D eigenvalue weighted by Gasteiger charge is -2.14. The van der Waals surface area contributed by atoms with Gasteiger partial charge in [0.15, 0.2) is 0 Å². The fraction of sp³-hybridized carbons (Fsp3) is 0.333. The van der Waals surface area contributed by atoms with Crippen LogP contribution >= 0.6 is 11.6 Å². The fourth-order valence-corrected chi connectivity index (χ4v) is 2.51. The minimum Gasteiger partial charge on any atom is -0.384 e. The van der Waals surface area contributed by atoms with E-state index in [9.17, 15) is 5.11 Å². The van der Waals surface area contributed by atoms with Crippen molar-refractivity contribution >= 4 is 11.6 Å². The van der Waals surface area contributed by atoms with Crippen molar-refractivity contribution in [1.29, 1.82) is 0 Å². The van der Waals surface area contributed by atoms with E-state index in [1.165, 1.54) is 5.56 Å². The van der Waals surface area contributed by atoms with Crippen LogP contribution in [-0.4, -0.2) is 5.11 Å². The highest BCUT2D eigenvalue weighted by Crippen LogP contribution is 2.26. The van der Waals surface area contributed by atoms with Gasteiger partial charge in [0.05, 0.1) is 0 Å². The van der Waals surface area contributed by atoms with Crippen molar-refractivity contribution in [2.24, 2.45) is 5.92 Å². The molecule has 2 rings (SSSR count). The maximum Gasteiger partial charge on any atom is 0.104 e. The Bertz CT molecular complexity index is 590. The molecule has 0 fully saturated rings. The van der Waals surface area contributed by atoms with Gasteiger partial charge in [0.25, 0.3) is 0 Å². The van der Waals surface area contributed by atoms with E-state index in [4.69, 9.17) is 11.6 Å². The highest BCUT2D eigenvalue weighted by atomic mass is 35.5. The lowest BCUT2D eigenvalue weighted by Crippen LogP contribution is -2.02. The van der Waals surface area contributed by atoms with Crippen LogP contribution in [0.2, 0.25) is 5.02 Å². The second-order valence-electron chi connectivity index (χ2n) is 5.75. The Morgan fingerprint density at radius 1 is 1.05 bits per heavy atom. The van der Waals surface area contributed by atoms with Gasteiger partial charge >= 0.3 is 0 Å². The molecule has 0 aromatic heterocycles. The lowest BCUT2D eigenvalue weighted by atomic mass is 9.96. The molecular weight excluding hydrogens is 268 g/mol. The third-order valence-electron chi connectivity index (χ3n) is 3.41. The van der Waals surface area contributed by atoms with Gasteiger partial charge in [-0.1, -0.05) is 61.8 Å². The molecule has 0 aliphatic heterocycles. The monoisotopic (exact) mass is 288 g/mol. The Morgan fingerprint density at radius 3 is 2.40 bits per heavy atom. The number of halogens is 1. The van der Waals surface area contributed by atoms with Crippen molar-refractivity contribution in [2.75, 3.05) is 0 Å². The molecule has 106 valence electrons. The second kappa shape index (κ2) is 6.43. The molecule has 2 heteroatoms. The van der Waals surface area contributed by atoms with Crippen LogP contribution in [0.1, 0.15) is 42.2 Å². The number of aryl methyl sites for hydroxylation is 1. The Hall–Kier alpha value is -1.31. The quantitative estimate of drug-likeness (QED) is 0.846. The van der Waals surface area contributed by atoms with Crippen LogP contribution < -0.4 is 0 Å². The van der Waals surface area contributed by atoms with Crippen molar-refractivity contribution in [3.8, 4) is 0 Å². The number of hydrogen-bond donors (Lipinski definition) is 1. The molecule has 0 aliphatic rings. The van der Waals surface area contributed by atoms with Crippen LogP contribution in [-0.2, 0) is 6.42 Å². The highest BCUT2D eigenvalue weighted by molar-refractivity contribution is 6.31. The van der Waals surface area contributed by atoms with Crippen molar-refractivity contribution in [2.45, 2.75) is 33.3 Å². The Labute approximate surface area is 126 Å². The summed E-state index contributed by atoms with van der Waals surface area (Å²) in [7, 11) is 0. The van der Waals surface area contributed by atoms with E-state index in [1.54, 1.807) is 0 Å². The molecule has 0 saturated carbocycles. The summed E-state index contributed by atoms with van der Waals surface area (Å²) in [6.45, 7) is 6.35. The Kier molecular flexibility index (Phi) is 4.85. The van der Waals surface area contributed by atoms with Gasteiger partial charge in [0.1, 0.15) is 6.10 Å². The fourth-order valence-electron chi connectivity index (χ4n) is 2.39. The van der Waals surface area contributed by atoms with E-state index in [2.05, 4.69) is 26.0 Å². The van der Waals surface area contributed by atoms with Crippen LogP contribution in [0.4, 0.5) is 0 Å². The van der Waals surface area contributed by atoms with Gasteiger partial charge in [0, 0.05) is 5.02 Å². The average molecular weight is 289 g/mol. The van der Waals surface area contributed by atoms with E-state index >= 15 is 0 Å². The first-order valence-electron chi connectivity index (χ1n) is 7.00. The summed E-state index contributed by atoms with van der Waals surface area (Å²) in [5.41, 5.74) is 4.07. The largest absolute Gasteiger partial charge is 0.384 e. The predicted molar refractivity (Wildman–Crippen MR) is 85.2 cm³/mol. The van der Waals surface area contributed by atoms with E-state index < -0.39 is 6.10 Å². The molecule has 1 unspecified atom stereocenters.